The Morgan fingerprint density at radius 2 is 1.67 bits per heavy atom. The van der Waals surface area contributed by atoms with Gasteiger partial charge in [-0.2, -0.15) is 0 Å². The Morgan fingerprint density at radius 1 is 1.03 bits per heavy atom. The van der Waals surface area contributed by atoms with Crippen LogP contribution in [0.1, 0.15) is 37.5 Å². The summed E-state index contributed by atoms with van der Waals surface area (Å²) in [7, 11) is 0. The third-order valence-corrected chi connectivity index (χ3v) is 5.86. The van der Waals surface area contributed by atoms with Gasteiger partial charge in [0.1, 0.15) is 11.9 Å². The summed E-state index contributed by atoms with van der Waals surface area (Å²) in [4.78, 5) is 27.1. The Labute approximate surface area is 183 Å². The smallest absolute Gasteiger partial charge is 0.242 e. The van der Waals surface area contributed by atoms with Crippen molar-refractivity contribution in [2.24, 2.45) is 5.92 Å². The van der Waals surface area contributed by atoms with E-state index in [0.717, 1.165) is 0 Å². The van der Waals surface area contributed by atoms with Gasteiger partial charge in [0.25, 0.3) is 0 Å². The Balaban J connectivity index is 2.08. The number of hydrogen-bond donors (Lipinski definition) is 1. The molecule has 2 rings (SSSR count). The zero-order valence-corrected chi connectivity index (χ0v) is 19.0. The molecule has 0 saturated heterocycles. The van der Waals surface area contributed by atoms with Crippen LogP contribution in [-0.2, 0) is 21.9 Å². The standard InChI is InChI=1S/C24H31FN2O2S/c1-17(2)13-26-24(29)19(4)27(14-20-10-7-8-12-22(20)25)23(28)16-30-15-21-11-6-5-9-18(21)3/h5-12,17,19H,13-16H2,1-4H3,(H,26,29)/t19-/m0/s1. The van der Waals surface area contributed by atoms with Crippen molar-refractivity contribution in [1.82, 2.24) is 10.2 Å². The van der Waals surface area contributed by atoms with E-state index in [4.69, 9.17) is 0 Å². The molecule has 162 valence electrons. The number of rotatable bonds is 10. The number of nitrogens with zero attached hydrogens (tertiary/aromatic N) is 1. The molecule has 1 N–H and O–H groups in total. The molecule has 2 aromatic carbocycles. The maximum atomic E-state index is 14.2. The number of amides is 2. The molecule has 0 unspecified atom stereocenters. The van der Waals surface area contributed by atoms with E-state index in [9.17, 15) is 14.0 Å². The van der Waals surface area contributed by atoms with Crippen LogP contribution in [0.4, 0.5) is 4.39 Å². The van der Waals surface area contributed by atoms with Crippen LogP contribution in [-0.4, -0.2) is 35.1 Å². The monoisotopic (exact) mass is 430 g/mol. The highest BCUT2D eigenvalue weighted by Crippen LogP contribution is 2.19. The summed E-state index contributed by atoms with van der Waals surface area (Å²) in [6.45, 7) is 8.36. The van der Waals surface area contributed by atoms with Gasteiger partial charge in [0.15, 0.2) is 0 Å². The summed E-state index contributed by atoms with van der Waals surface area (Å²) in [6.07, 6.45) is 0. The van der Waals surface area contributed by atoms with Gasteiger partial charge in [-0.15, -0.1) is 11.8 Å². The lowest BCUT2D eigenvalue weighted by molar-refractivity contribution is -0.138. The zero-order chi connectivity index (χ0) is 22.1. The van der Waals surface area contributed by atoms with Gasteiger partial charge in [-0.25, -0.2) is 4.39 Å². The number of nitrogens with one attached hydrogen (secondary N) is 1. The third kappa shape index (κ3) is 7.17. The van der Waals surface area contributed by atoms with E-state index in [0.29, 0.717) is 23.8 Å². The molecule has 0 fully saturated rings. The van der Waals surface area contributed by atoms with Crippen LogP contribution in [0.3, 0.4) is 0 Å². The molecule has 4 nitrogen and oxygen atoms in total. The Bertz CT molecular complexity index is 857. The molecule has 2 aromatic rings. The summed E-state index contributed by atoms with van der Waals surface area (Å²) in [5.74, 6) is 0.463. The molecular formula is C24H31FN2O2S. The molecular weight excluding hydrogens is 399 g/mol. The third-order valence-electron chi connectivity index (χ3n) is 4.89. The summed E-state index contributed by atoms with van der Waals surface area (Å²) in [5.41, 5.74) is 2.76. The molecule has 0 aliphatic heterocycles. The van der Waals surface area contributed by atoms with Gasteiger partial charge in [0.2, 0.25) is 11.8 Å². The maximum absolute atomic E-state index is 14.2. The number of carbonyl (C=O) groups excluding carboxylic acids is 2. The van der Waals surface area contributed by atoms with Crippen LogP contribution >= 0.6 is 11.8 Å². The highest BCUT2D eigenvalue weighted by Gasteiger charge is 2.26. The topological polar surface area (TPSA) is 49.4 Å². The predicted octanol–water partition coefficient (Wildman–Crippen LogP) is 4.56. The Morgan fingerprint density at radius 3 is 2.30 bits per heavy atom. The van der Waals surface area contributed by atoms with Crippen molar-refractivity contribution in [1.29, 1.82) is 0 Å². The fourth-order valence-electron chi connectivity index (χ4n) is 2.95. The van der Waals surface area contributed by atoms with E-state index in [2.05, 4.69) is 5.32 Å². The first-order chi connectivity index (χ1) is 14.3. The molecule has 0 aliphatic rings. The van der Waals surface area contributed by atoms with Gasteiger partial charge in [-0.3, -0.25) is 9.59 Å². The highest BCUT2D eigenvalue weighted by atomic mass is 32.2. The molecule has 0 aromatic heterocycles. The lowest BCUT2D eigenvalue weighted by Crippen LogP contribution is -2.48. The first kappa shape index (κ1) is 23.9. The van der Waals surface area contributed by atoms with Crippen LogP contribution in [0.15, 0.2) is 48.5 Å². The summed E-state index contributed by atoms with van der Waals surface area (Å²) in [5, 5.41) is 2.87. The Kier molecular flexibility index (Phi) is 9.37. The van der Waals surface area contributed by atoms with Crippen LogP contribution in [0.25, 0.3) is 0 Å². The van der Waals surface area contributed by atoms with Crippen LogP contribution in [0.2, 0.25) is 0 Å². The second-order valence-electron chi connectivity index (χ2n) is 7.85. The van der Waals surface area contributed by atoms with Crippen molar-refractivity contribution in [2.45, 2.75) is 46.0 Å². The van der Waals surface area contributed by atoms with Crippen molar-refractivity contribution in [3.8, 4) is 0 Å². The van der Waals surface area contributed by atoms with E-state index < -0.39 is 6.04 Å². The molecule has 2 amide bonds. The highest BCUT2D eigenvalue weighted by molar-refractivity contribution is 7.99. The molecule has 0 aliphatic carbocycles. The van der Waals surface area contributed by atoms with E-state index in [1.807, 2.05) is 45.0 Å². The van der Waals surface area contributed by atoms with E-state index in [1.54, 1.807) is 25.1 Å². The van der Waals surface area contributed by atoms with Gasteiger partial charge >= 0.3 is 0 Å². The van der Waals surface area contributed by atoms with E-state index in [1.165, 1.54) is 33.9 Å². The molecule has 1 atom stereocenters. The lowest BCUT2D eigenvalue weighted by atomic mass is 10.1. The number of thioether (sulfide) groups is 1. The van der Waals surface area contributed by atoms with Crippen LogP contribution in [0, 0.1) is 18.7 Å². The molecule has 0 radical (unpaired) electrons. The number of benzene rings is 2. The predicted molar refractivity (Wildman–Crippen MR) is 122 cm³/mol. The average Bonchev–Trinajstić information content (AvgIpc) is 2.72. The number of carbonyl (C=O) groups is 2. The van der Waals surface area contributed by atoms with Crippen molar-refractivity contribution in [3.05, 3.63) is 71.0 Å². The molecule has 30 heavy (non-hydrogen) atoms. The zero-order valence-electron chi connectivity index (χ0n) is 18.2. The van der Waals surface area contributed by atoms with Gasteiger partial charge in [-0.1, -0.05) is 56.3 Å². The first-order valence-electron chi connectivity index (χ1n) is 10.2. The number of halogens is 1. The number of hydrogen-bond acceptors (Lipinski definition) is 3. The van der Waals surface area contributed by atoms with Gasteiger partial charge in [0, 0.05) is 24.4 Å². The largest absolute Gasteiger partial charge is 0.354 e. The van der Waals surface area contributed by atoms with Crippen molar-refractivity contribution < 1.29 is 14.0 Å². The minimum absolute atomic E-state index is 0.0622. The maximum Gasteiger partial charge on any atom is 0.242 e. The molecule has 0 heterocycles. The summed E-state index contributed by atoms with van der Waals surface area (Å²) in [6, 6.07) is 13.7. The van der Waals surface area contributed by atoms with Crippen molar-refractivity contribution in [3.63, 3.8) is 0 Å². The second kappa shape index (κ2) is 11.7. The number of aryl methyl sites for hydroxylation is 1. The van der Waals surface area contributed by atoms with Gasteiger partial charge in [0.05, 0.1) is 5.75 Å². The minimum Gasteiger partial charge on any atom is -0.354 e. The van der Waals surface area contributed by atoms with E-state index in [-0.39, 0.29) is 29.9 Å². The van der Waals surface area contributed by atoms with Crippen molar-refractivity contribution >= 4 is 23.6 Å². The molecule has 0 spiro atoms. The molecule has 6 heteroatoms. The first-order valence-corrected chi connectivity index (χ1v) is 11.4. The average molecular weight is 431 g/mol. The van der Waals surface area contributed by atoms with Crippen LogP contribution in [0.5, 0.6) is 0 Å². The summed E-state index contributed by atoms with van der Waals surface area (Å²) >= 11 is 1.50. The Hall–Kier alpha value is -2.34. The fourth-order valence-corrected chi connectivity index (χ4v) is 3.93. The quantitative estimate of drug-likeness (QED) is 0.601. The summed E-state index contributed by atoms with van der Waals surface area (Å²) < 4.78 is 14.2. The van der Waals surface area contributed by atoms with Gasteiger partial charge in [-0.05, 0) is 37.0 Å². The van der Waals surface area contributed by atoms with E-state index >= 15 is 0 Å². The normalized spacial score (nSPS) is 11.9. The van der Waals surface area contributed by atoms with Crippen molar-refractivity contribution in [2.75, 3.05) is 12.3 Å². The SMILES string of the molecule is Cc1ccccc1CSCC(=O)N(Cc1ccccc1F)[C@@H](C)C(=O)NCC(C)C. The second-order valence-corrected chi connectivity index (χ2v) is 8.83. The fraction of sp³-hybridized carbons (Fsp3) is 0.417. The lowest BCUT2D eigenvalue weighted by Gasteiger charge is -2.29. The molecule has 0 bridgehead atoms. The van der Waals surface area contributed by atoms with Crippen LogP contribution < -0.4 is 5.32 Å². The van der Waals surface area contributed by atoms with Gasteiger partial charge < -0.3 is 10.2 Å². The molecule has 0 saturated carbocycles. The minimum atomic E-state index is -0.685.